The zero-order valence-corrected chi connectivity index (χ0v) is 12.4. The fourth-order valence-electron chi connectivity index (χ4n) is 1.40. The zero-order valence-electron chi connectivity index (χ0n) is 11.6. The minimum Gasteiger partial charge on any atom is -0.495 e. The highest BCUT2D eigenvalue weighted by molar-refractivity contribution is 6.32. The molecule has 110 valence electrons. The van der Waals surface area contributed by atoms with Crippen LogP contribution >= 0.6 is 11.6 Å². The predicted octanol–water partition coefficient (Wildman–Crippen LogP) is 3.39. The van der Waals surface area contributed by atoms with Crippen LogP contribution in [-0.4, -0.2) is 29.9 Å². The number of ether oxygens (including phenoxy) is 2. The molecule has 1 aromatic carbocycles. The standard InChI is InChI=1S/C13H16ClNO5/c1-13(2,3)20-12(18)15-9-6-10(19-4)8(14)5-7(9)11(16)17/h5-6H,1-4H3,(H,15,18)(H,16,17). The zero-order chi connectivity index (χ0) is 15.5. The van der Waals surface area contributed by atoms with Crippen molar-refractivity contribution >= 4 is 29.4 Å². The van der Waals surface area contributed by atoms with Crippen LogP contribution in [-0.2, 0) is 4.74 Å². The van der Waals surface area contributed by atoms with Crippen LogP contribution in [0.1, 0.15) is 31.1 Å². The smallest absolute Gasteiger partial charge is 0.412 e. The number of methoxy groups -OCH3 is 1. The molecule has 1 rings (SSSR count). The summed E-state index contributed by atoms with van der Waals surface area (Å²) in [5.41, 5.74) is -0.793. The number of carbonyl (C=O) groups is 2. The number of aromatic carboxylic acids is 1. The van der Waals surface area contributed by atoms with Crippen LogP contribution in [0.25, 0.3) is 0 Å². The number of anilines is 1. The third-order valence-corrected chi connectivity index (χ3v) is 2.45. The molecule has 0 atom stereocenters. The van der Waals surface area contributed by atoms with Crippen molar-refractivity contribution in [3.8, 4) is 5.75 Å². The second kappa shape index (κ2) is 6.00. The summed E-state index contributed by atoms with van der Waals surface area (Å²) < 4.78 is 10.0. The summed E-state index contributed by atoms with van der Waals surface area (Å²) in [6, 6.07) is 2.53. The fraction of sp³-hybridized carbons (Fsp3) is 0.385. The number of hydrogen-bond donors (Lipinski definition) is 2. The van der Waals surface area contributed by atoms with E-state index in [9.17, 15) is 9.59 Å². The number of halogens is 1. The molecule has 0 radical (unpaired) electrons. The quantitative estimate of drug-likeness (QED) is 0.894. The van der Waals surface area contributed by atoms with E-state index in [0.29, 0.717) is 0 Å². The molecule has 1 aromatic rings. The molecule has 7 heteroatoms. The number of hydrogen-bond acceptors (Lipinski definition) is 4. The van der Waals surface area contributed by atoms with Crippen LogP contribution in [0.2, 0.25) is 5.02 Å². The van der Waals surface area contributed by atoms with Gasteiger partial charge in [0.25, 0.3) is 0 Å². The Morgan fingerprint density at radius 2 is 1.90 bits per heavy atom. The first kappa shape index (κ1) is 16.1. The van der Waals surface area contributed by atoms with Crippen LogP contribution in [0.15, 0.2) is 12.1 Å². The highest BCUT2D eigenvalue weighted by atomic mass is 35.5. The van der Waals surface area contributed by atoms with Crippen molar-refractivity contribution < 1.29 is 24.2 Å². The summed E-state index contributed by atoms with van der Waals surface area (Å²) in [5, 5.41) is 11.6. The van der Waals surface area contributed by atoms with Crippen molar-refractivity contribution in [1.29, 1.82) is 0 Å². The maximum atomic E-state index is 11.7. The third kappa shape index (κ3) is 4.31. The first-order valence-corrected chi connectivity index (χ1v) is 6.12. The average molecular weight is 302 g/mol. The maximum absolute atomic E-state index is 11.7. The molecule has 0 aliphatic rings. The van der Waals surface area contributed by atoms with Gasteiger partial charge in [0.05, 0.1) is 23.4 Å². The van der Waals surface area contributed by atoms with Crippen LogP contribution < -0.4 is 10.1 Å². The first-order chi connectivity index (χ1) is 9.14. The second-order valence-corrected chi connectivity index (χ2v) is 5.37. The molecule has 0 heterocycles. The van der Waals surface area contributed by atoms with E-state index < -0.39 is 17.7 Å². The monoisotopic (exact) mass is 301 g/mol. The lowest BCUT2D eigenvalue weighted by Gasteiger charge is -2.20. The number of carboxylic acid groups (broad SMARTS) is 1. The minimum atomic E-state index is -1.22. The van der Waals surface area contributed by atoms with Gasteiger partial charge in [0.15, 0.2) is 0 Å². The number of nitrogens with one attached hydrogen (secondary N) is 1. The molecule has 0 bridgehead atoms. The van der Waals surface area contributed by atoms with Gasteiger partial charge in [-0.3, -0.25) is 5.32 Å². The lowest BCUT2D eigenvalue weighted by atomic mass is 10.1. The van der Waals surface area contributed by atoms with E-state index in [1.165, 1.54) is 19.2 Å². The topological polar surface area (TPSA) is 84.9 Å². The highest BCUT2D eigenvalue weighted by Gasteiger charge is 2.20. The molecule has 0 aromatic heterocycles. The molecule has 1 amide bonds. The summed E-state index contributed by atoms with van der Waals surface area (Å²) >= 11 is 5.86. The normalized spacial score (nSPS) is 10.8. The van der Waals surface area contributed by atoms with Crippen molar-refractivity contribution in [2.24, 2.45) is 0 Å². The Balaban J connectivity index is 3.09. The first-order valence-electron chi connectivity index (χ1n) is 5.75. The Morgan fingerprint density at radius 3 is 2.35 bits per heavy atom. The Kier molecular flexibility index (Phi) is 4.83. The molecule has 0 aliphatic heterocycles. The summed E-state index contributed by atoms with van der Waals surface area (Å²) in [6.07, 6.45) is -0.760. The molecule has 0 unspecified atom stereocenters. The van der Waals surface area contributed by atoms with Crippen LogP contribution in [0, 0.1) is 0 Å². The predicted molar refractivity (Wildman–Crippen MR) is 74.8 cm³/mol. The molecule has 0 saturated carbocycles. The van der Waals surface area contributed by atoms with Crippen LogP contribution in [0.4, 0.5) is 10.5 Å². The molecular weight excluding hydrogens is 286 g/mol. The van der Waals surface area contributed by atoms with Crippen molar-refractivity contribution in [1.82, 2.24) is 0 Å². The number of carboxylic acids is 1. The summed E-state index contributed by atoms with van der Waals surface area (Å²) in [6.45, 7) is 5.10. The highest BCUT2D eigenvalue weighted by Crippen LogP contribution is 2.31. The van der Waals surface area contributed by atoms with E-state index >= 15 is 0 Å². The Hall–Kier alpha value is -1.95. The minimum absolute atomic E-state index is 0.0491. The van der Waals surface area contributed by atoms with Gasteiger partial charge >= 0.3 is 12.1 Å². The number of amides is 1. The molecule has 0 aliphatic carbocycles. The van der Waals surface area contributed by atoms with Gasteiger partial charge in [-0.05, 0) is 26.8 Å². The van der Waals surface area contributed by atoms with E-state index in [1.807, 2.05) is 0 Å². The lowest BCUT2D eigenvalue weighted by Crippen LogP contribution is -2.27. The fourth-order valence-corrected chi connectivity index (χ4v) is 1.64. The van der Waals surface area contributed by atoms with Crippen molar-refractivity contribution in [3.05, 3.63) is 22.7 Å². The van der Waals surface area contributed by atoms with Gasteiger partial charge < -0.3 is 14.6 Å². The van der Waals surface area contributed by atoms with Gasteiger partial charge in [0.1, 0.15) is 11.4 Å². The summed E-state index contributed by atoms with van der Waals surface area (Å²) in [4.78, 5) is 22.8. The van der Waals surface area contributed by atoms with E-state index in [2.05, 4.69) is 5.32 Å². The molecule has 0 saturated heterocycles. The maximum Gasteiger partial charge on any atom is 0.412 e. The Bertz CT molecular complexity index is 536. The van der Waals surface area contributed by atoms with Crippen molar-refractivity contribution in [2.45, 2.75) is 26.4 Å². The molecule has 0 spiro atoms. The second-order valence-electron chi connectivity index (χ2n) is 4.96. The van der Waals surface area contributed by atoms with E-state index in [-0.39, 0.29) is 22.0 Å². The molecule has 20 heavy (non-hydrogen) atoms. The largest absolute Gasteiger partial charge is 0.495 e. The van der Waals surface area contributed by atoms with Gasteiger partial charge in [-0.15, -0.1) is 0 Å². The van der Waals surface area contributed by atoms with Gasteiger partial charge in [-0.25, -0.2) is 9.59 Å². The lowest BCUT2D eigenvalue weighted by molar-refractivity contribution is 0.0636. The van der Waals surface area contributed by atoms with Gasteiger partial charge in [0, 0.05) is 6.07 Å². The summed E-state index contributed by atoms with van der Waals surface area (Å²) in [5.74, 6) is -0.969. The third-order valence-electron chi connectivity index (χ3n) is 2.16. The molecular formula is C13H16ClNO5. The van der Waals surface area contributed by atoms with Gasteiger partial charge in [-0.2, -0.15) is 0 Å². The number of benzene rings is 1. The van der Waals surface area contributed by atoms with Gasteiger partial charge in [0.2, 0.25) is 0 Å². The number of rotatable bonds is 3. The average Bonchev–Trinajstić information content (AvgIpc) is 2.28. The number of carbonyl (C=O) groups excluding carboxylic acids is 1. The van der Waals surface area contributed by atoms with Gasteiger partial charge in [-0.1, -0.05) is 11.6 Å². The summed E-state index contributed by atoms with van der Waals surface area (Å²) in [7, 11) is 1.39. The van der Waals surface area contributed by atoms with E-state index in [4.69, 9.17) is 26.2 Å². The van der Waals surface area contributed by atoms with Crippen molar-refractivity contribution in [2.75, 3.05) is 12.4 Å². The van der Waals surface area contributed by atoms with Crippen molar-refractivity contribution in [3.63, 3.8) is 0 Å². The van der Waals surface area contributed by atoms with Crippen LogP contribution in [0.5, 0.6) is 5.75 Å². The van der Waals surface area contributed by atoms with E-state index in [0.717, 1.165) is 0 Å². The molecule has 0 fully saturated rings. The SMILES string of the molecule is COc1cc(NC(=O)OC(C)(C)C)c(C(=O)O)cc1Cl. The van der Waals surface area contributed by atoms with E-state index in [1.54, 1.807) is 20.8 Å². The van der Waals surface area contributed by atoms with Crippen LogP contribution in [0.3, 0.4) is 0 Å². The molecule has 6 nitrogen and oxygen atoms in total. The Morgan fingerprint density at radius 1 is 1.30 bits per heavy atom. The Labute approximate surface area is 121 Å². The molecule has 2 N–H and O–H groups in total.